The Balaban J connectivity index is 0.000000347. The molecule has 0 aliphatic carbocycles. The molecule has 4 fully saturated rings. The zero-order chi connectivity index (χ0) is 40.0. The van der Waals surface area contributed by atoms with E-state index in [1.807, 2.05) is 0 Å². The lowest BCUT2D eigenvalue weighted by Gasteiger charge is -2.38. The molecule has 0 aromatic heterocycles. The highest BCUT2D eigenvalue weighted by molar-refractivity contribution is 4.91. The molecule has 0 aromatic rings. The summed E-state index contributed by atoms with van der Waals surface area (Å²) in [7, 11) is 5.19. The van der Waals surface area contributed by atoms with Gasteiger partial charge < -0.3 is 120 Å². The third-order valence-corrected chi connectivity index (χ3v) is 8.32. The highest BCUT2D eigenvalue weighted by Crippen LogP contribution is 2.24. The second kappa shape index (κ2) is 23.8. The highest BCUT2D eigenvalue weighted by atomic mass is 16.7. The van der Waals surface area contributed by atoms with Gasteiger partial charge in [0.2, 0.25) is 0 Å². The maximum atomic E-state index is 9.28. The van der Waals surface area contributed by atoms with Crippen molar-refractivity contribution in [3.8, 4) is 0 Å². The Morgan fingerprint density at radius 1 is 0.288 bits per heavy atom. The normalized spacial score (nSPS) is 46.4. The predicted octanol–water partition coefficient (Wildman–Crippen LogP) is -10.3. The molecular formula is C28H56O24. The molecule has 0 aromatic carbocycles. The zero-order valence-corrected chi connectivity index (χ0v) is 28.8. The van der Waals surface area contributed by atoms with Crippen molar-refractivity contribution in [2.75, 3.05) is 54.9 Å². The molecule has 0 bridgehead atoms. The van der Waals surface area contributed by atoms with Gasteiger partial charge in [-0.2, -0.15) is 0 Å². The summed E-state index contributed by atoms with van der Waals surface area (Å²) in [6, 6.07) is 0. The van der Waals surface area contributed by atoms with E-state index < -0.39 is 149 Å². The molecular weight excluding hydrogens is 720 g/mol. The first kappa shape index (κ1) is 49.1. The average Bonchev–Trinajstić information content (AvgIpc) is 3.15. The third kappa shape index (κ3) is 12.5. The van der Waals surface area contributed by atoms with E-state index >= 15 is 0 Å². The largest absolute Gasteiger partial charge is 0.394 e. The quantitative estimate of drug-likeness (QED) is 0.109. The van der Waals surface area contributed by atoms with Crippen molar-refractivity contribution in [3.63, 3.8) is 0 Å². The summed E-state index contributed by atoms with van der Waals surface area (Å²) in [5.74, 6) is 0. The van der Waals surface area contributed by atoms with Gasteiger partial charge in [0.1, 0.15) is 97.7 Å². The molecule has 16 N–H and O–H groups in total. The number of hydrogen-bond acceptors (Lipinski definition) is 24. The number of aliphatic hydroxyl groups excluding tert-OH is 16. The van der Waals surface area contributed by atoms with Gasteiger partial charge in [0.25, 0.3) is 0 Å². The summed E-state index contributed by atoms with van der Waals surface area (Å²) in [5.41, 5.74) is 0. The summed E-state index contributed by atoms with van der Waals surface area (Å²) < 4.78 is 38.6. The van der Waals surface area contributed by atoms with Crippen LogP contribution in [-0.4, -0.2) is 259 Å². The predicted molar refractivity (Wildman–Crippen MR) is 163 cm³/mol. The van der Waals surface area contributed by atoms with E-state index in [-0.39, 0.29) is 0 Å². The van der Waals surface area contributed by atoms with Gasteiger partial charge in [-0.3, -0.25) is 0 Å². The van der Waals surface area contributed by atoms with Crippen LogP contribution in [0, 0.1) is 0 Å². The Labute approximate surface area is 297 Å². The first-order chi connectivity index (χ1) is 24.5. The van der Waals surface area contributed by atoms with Crippen molar-refractivity contribution >= 4 is 0 Å². The van der Waals surface area contributed by atoms with Crippen LogP contribution < -0.4 is 0 Å². The van der Waals surface area contributed by atoms with Gasteiger partial charge in [0, 0.05) is 28.4 Å². The molecule has 20 unspecified atom stereocenters. The van der Waals surface area contributed by atoms with Crippen molar-refractivity contribution in [3.05, 3.63) is 0 Å². The number of ether oxygens (including phenoxy) is 8. The van der Waals surface area contributed by atoms with Gasteiger partial charge in [-0.1, -0.05) is 0 Å². The van der Waals surface area contributed by atoms with E-state index in [0.29, 0.717) is 0 Å². The maximum Gasteiger partial charge on any atom is 0.186 e. The summed E-state index contributed by atoms with van der Waals surface area (Å²) >= 11 is 0. The lowest BCUT2D eigenvalue weighted by molar-refractivity contribution is -0.294. The van der Waals surface area contributed by atoms with Crippen LogP contribution in [0.1, 0.15) is 0 Å². The summed E-state index contributed by atoms with van der Waals surface area (Å²) in [5, 5.41) is 146. The second-order valence-electron chi connectivity index (χ2n) is 11.7. The van der Waals surface area contributed by atoms with Crippen LogP contribution in [0.2, 0.25) is 0 Å². The van der Waals surface area contributed by atoms with Crippen LogP contribution in [0.4, 0.5) is 0 Å². The first-order valence-electron chi connectivity index (χ1n) is 15.8. The molecule has 4 aliphatic heterocycles. The monoisotopic (exact) mass is 776 g/mol. The van der Waals surface area contributed by atoms with Gasteiger partial charge in [-0.25, -0.2) is 0 Å². The van der Waals surface area contributed by atoms with Gasteiger partial charge in [0.05, 0.1) is 26.4 Å². The fourth-order valence-corrected chi connectivity index (χ4v) is 5.05. The van der Waals surface area contributed by atoms with Crippen LogP contribution in [-0.2, 0) is 37.9 Å². The van der Waals surface area contributed by atoms with Crippen molar-refractivity contribution in [2.24, 2.45) is 0 Å². The van der Waals surface area contributed by atoms with E-state index in [1.54, 1.807) is 0 Å². The molecule has 4 rings (SSSR count). The van der Waals surface area contributed by atoms with Crippen molar-refractivity contribution in [2.45, 2.75) is 123 Å². The van der Waals surface area contributed by atoms with Crippen molar-refractivity contribution in [1.29, 1.82) is 0 Å². The smallest absolute Gasteiger partial charge is 0.186 e. The van der Waals surface area contributed by atoms with E-state index in [1.165, 1.54) is 28.4 Å². The minimum atomic E-state index is -1.36. The van der Waals surface area contributed by atoms with Gasteiger partial charge >= 0.3 is 0 Å². The second-order valence-corrected chi connectivity index (χ2v) is 11.7. The lowest BCUT2D eigenvalue weighted by atomic mass is 9.99. The molecule has 0 spiro atoms. The van der Waals surface area contributed by atoms with E-state index in [2.05, 4.69) is 0 Å². The minimum Gasteiger partial charge on any atom is -0.394 e. The van der Waals surface area contributed by atoms with Crippen LogP contribution in [0.5, 0.6) is 0 Å². The molecule has 4 heterocycles. The van der Waals surface area contributed by atoms with Gasteiger partial charge in [0.15, 0.2) is 25.2 Å². The molecule has 20 atom stereocenters. The highest BCUT2D eigenvalue weighted by Gasteiger charge is 2.46. The van der Waals surface area contributed by atoms with Crippen molar-refractivity contribution in [1.82, 2.24) is 0 Å². The van der Waals surface area contributed by atoms with E-state index in [9.17, 15) is 61.3 Å². The molecule has 0 amide bonds. The zero-order valence-electron chi connectivity index (χ0n) is 28.8. The summed E-state index contributed by atoms with van der Waals surface area (Å²) in [4.78, 5) is 0. The Morgan fingerprint density at radius 2 is 0.442 bits per heavy atom. The standard InChI is InChI=1S/4C7H14O6/c4*1-12-7-6(11)5(10)4(9)3(2-8)13-7/h4*3-11H,2H2,1H3. The number of rotatable bonds is 8. The Morgan fingerprint density at radius 3 is 0.558 bits per heavy atom. The Kier molecular flexibility index (Phi) is 22.5. The van der Waals surface area contributed by atoms with Crippen LogP contribution in [0.15, 0.2) is 0 Å². The third-order valence-electron chi connectivity index (χ3n) is 8.32. The fourth-order valence-electron chi connectivity index (χ4n) is 5.05. The molecule has 52 heavy (non-hydrogen) atoms. The number of aliphatic hydroxyl groups is 16. The Bertz CT molecular complexity index is 716. The molecule has 312 valence electrons. The lowest BCUT2D eigenvalue weighted by Crippen LogP contribution is -2.58. The molecule has 0 radical (unpaired) electrons. The first-order valence-corrected chi connectivity index (χ1v) is 15.8. The van der Waals surface area contributed by atoms with Crippen LogP contribution in [0.25, 0.3) is 0 Å². The molecule has 24 heteroatoms. The molecule has 4 saturated heterocycles. The van der Waals surface area contributed by atoms with Gasteiger partial charge in [-0.05, 0) is 0 Å². The van der Waals surface area contributed by atoms with E-state index in [4.69, 9.17) is 58.3 Å². The topological polar surface area (TPSA) is 398 Å². The van der Waals surface area contributed by atoms with Gasteiger partial charge in [-0.15, -0.1) is 0 Å². The number of methoxy groups -OCH3 is 4. The minimum absolute atomic E-state index is 0.440. The Hall–Kier alpha value is -0.960. The van der Waals surface area contributed by atoms with Crippen LogP contribution in [0.3, 0.4) is 0 Å². The summed E-state index contributed by atoms with van der Waals surface area (Å²) in [6.45, 7) is -1.76. The molecule has 0 saturated carbocycles. The van der Waals surface area contributed by atoms with Crippen molar-refractivity contribution < 1.29 is 120 Å². The van der Waals surface area contributed by atoms with E-state index in [0.717, 1.165) is 0 Å². The fraction of sp³-hybridized carbons (Fsp3) is 1.00. The SMILES string of the molecule is COC1OC(CO)C(O)C(O)C1O.COC1OC(CO)C(O)C(O)C1O.COC1OC(CO)C(O)C(O)C1O.COC1OC(CO)C(O)C(O)C1O. The van der Waals surface area contributed by atoms with Crippen LogP contribution >= 0.6 is 0 Å². The average molecular weight is 777 g/mol. The molecule has 4 aliphatic rings. The maximum absolute atomic E-state index is 9.28. The number of hydrogen-bond donors (Lipinski definition) is 16. The summed E-state index contributed by atoms with van der Waals surface area (Å²) in [6.07, 6.45) is -23.7. The molecule has 24 nitrogen and oxygen atoms in total.